The van der Waals surface area contributed by atoms with E-state index in [1.165, 1.54) is 0 Å². The molecule has 11 heavy (non-hydrogen) atoms. The Kier molecular flexibility index (Phi) is 1.81. The van der Waals surface area contributed by atoms with Crippen molar-refractivity contribution in [2.45, 2.75) is 0 Å². The normalized spacial score (nSPS) is 22.1. The summed E-state index contributed by atoms with van der Waals surface area (Å²) >= 11 is 0. The van der Waals surface area contributed by atoms with E-state index >= 15 is 0 Å². The molecule has 0 aromatic heterocycles. The van der Waals surface area contributed by atoms with Crippen molar-refractivity contribution in [2.24, 2.45) is 5.92 Å². The molecule has 58 valence electrons. The zero-order valence-corrected chi connectivity index (χ0v) is 6.46. The van der Waals surface area contributed by atoms with E-state index in [4.69, 9.17) is 5.26 Å². The minimum atomic E-state index is -0.634. The molecule has 0 saturated heterocycles. The molecule has 0 radical (unpaired) electrons. The van der Waals surface area contributed by atoms with Gasteiger partial charge in [0.15, 0.2) is 5.92 Å². The van der Waals surface area contributed by atoms with Crippen LogP contribution in [0.15, 0.2) is 11.9 Å². The summed E-state index contributed by atoms with van der Waals surface area (Å²) in [6.45, 7) is 0. The third-order valence-electron chi connectivity index (χ3n) is 1.57. The number of carbonyl (C=O) groups is 1. The lowest BCUT2D eigenvalue weighted by molar-refractivity contribution is -0.120. The van der Waals surface area contributed by atoms with Crippen LogP contribution in [0.4, 0.5) is 0 Å². The van der Waals surface area contributed by atoms with Gasteiger partial charge in [0.25, 0.3) is 0 Å². The maximum Gasteiger partial charge on any atom is 0.247 e. The lowest BCUT2D eigenvalue weighted by Crippen LogP contribution is -2.22. The van der Waals surface area contributed by atoms with E-state index in [-0.39, 0.29) is 5.91 Å². The highest BCUT2D eigenvalue weighted by atomic mass is 16.2. The fourth-order valence-corrected chi connectivity index (χ4v) is 0.958. The van der Waals surface area contributed by atoms with E-state index in [0.29, 0.717) is 0 Å². The second kappa shape index (κ2) is 2.62. The highest BCUT2D eigenvalue weighted by Gasteiger charge is 2.28. The van der Waals surface area contributed by atoms with Gasteiger partial charge in [0, 0.05) is 20.3 Å². The van der Waals surface area contributed by atoms with Crippen LogP contribution in [-0.2, 0) is 4.79 Å². The molecule has 1 N–H and O–H groups in total. The fourth-order valence-electron chi connectivity index (χ4n) is 0.958. The number of amides is 1. The molecule has 4 nitrogen and oxygen atoms in total. The summed E-state index contributed by atoms with van der Waals surface area (Å²) in [6, 6.07) is 1.92. The van der Waals surface area contributed by atoms with E-state index in [2.05, 4.69) is 5.32 Å². The summed E-state index contributed by atoms with van der Waals surface area (Å²) in [7, 11) is 3.60. The van der Waals surface area contributed by atoms with Gasteiger partial charge in [0.1, 0.15) is 0 Å². The summed E-state index contributed by atoms with van der Waals surface area (Å²) in [4.78, 5) is 12.7. The Morgan fingerprint density at radius 3 is 2.73 bits per heavy atom. The van der Waals surface area contributed by atoms with Crippen molar-refractivity contribution >= 4 is 5.91 Å². The molecule has 0 aromatic carbocycles. The highest BCUT2D eigenvalue weighted by molar-refractivity contribution is 5.87. The number of nitrogens with one attached hydrogen (secondary N) is 1. The molecule has 1 atom stereocenters. The van der Waals surface area contributed by atoms with Gasteiger partial charge in [0.05, 0.1) is 11.8 Å². The maximum absolute atomic E-state index is 10.9. The van der Waals surface area contributed by atoms with Crippen LogP contribution in [0.25, 0.3) is 0 Å². The number of nitrogens with zero attached hydrogens (tertiary/aromatic N) is 2. The Bertz CT molecular complexity index is 249. The molecule has 1 unspecified atom stereocenters. The minimum Gasteiger partial charge on any atom is -0.378 e. The van der Waals surface area contributed by atoms with Crippen LogP contribution in [0, 0.1) is 17.2 Å². The molecule has 0 aromatic rings. The van der Waals surface area contributed by atoms with Crippen molar-refractivity contribution in [3.05, 3.63) is 11.9 Å². The maximum atomic E-state index is 10.9. The third-order valence-corrected chi connectivity index (χ3v) is 1.57. The molecule has 1 aliphatic heterocycles. The van der Waals surface area contributed by atoms with E-state index < -0.39 is 5.92 Å². The number of carbonyl (C=O) groups excluding carboxylic acids is 1. The van der Waals surface area contributed by atoms with Crippen LogP contribution in [0.2, 0.25) is 0 Å². The van der Waals surface area contributed by atoms with E-state index in [9.17, 15) is 4.79 Å². The quantitative estimate of drug-likeness (QED) is 0.557. The Morgan fingerprint density at radius 1 is 1.73 bits per heavy atom. The standard InChI is InChI=1S/C7H9N3O/c1-10(2)6-4-9-7(11)5(6)3-8/h4-5H,1-2H3,(H,9,11). The van der Waals surface area contributed by atoms with Crippen molar-refractivity contribution in [2.75, 3.05) is 14.1 Å². The predicted molar refractivity (Wildman–Crippen MR) is 39.0 cm³/mol. The summed E-state index contributed by atoms with van der Waals surface area (Å²) in [6.07, 6.45) is 1.57. The van der Waals surface area contributed by atoms with E-state index in [0.717, 1.165) is 5.70 Å². The number of hydrogen-bond donors (Lipinski definition) is 1. The van der Waals surface area contributed by atoms with Gasteiger partial charge < -0.3 is 10.2 Å². The van der Waals surface area contributed by atoms with Crippen LogP contribution in [0.1, 0.15) is 0 Å². The lowest BCUT2D eigenvalue weighted by Gasteiger charge is -2.13. The zero-order chi connectivity index (χ0) is 8.43. The molecule has 0 saturated carbocycles. The highest BCUT2D eigenvalue weighted by Crippen LogP contribution is 2.16. The molecule has 1 rings (SSSR count). The van der Waals surface area contributed by atoms with Crippen molar-refractivity contribution < 1.29 is 4.79 Å². The van der Waals surface area contributed by atoms with Crippen LogP contribution in [0.3, 0.4) is 0 Å². The number of hydrogen-bond acceptors (Lipinski definition) is 3. The summed E-state index contributed by atoms with van der Waals surface area (Å²) in [5.74, 6) is -0.874. The predicted octanol–water partition coefficient (Wildman–Crippen LogP) is -0.341. The monoisotopic (exact) mass is 151 g/mol. The molecule has 0 fully saturated rings. The van der Waals surface area contributed by atoms with Gasteiger partial charge >= 0.3 is 0 Å². The first-order chi connectivity index (χ1) is 5.16. The Labute approximate surface area is 65.1 Å². The van der Waals surface area contributed by atoms with Gasteiger partial charge in [-0.15, -0.1) is 0 Å². The molecular formula is C7H9N3O. The first-order valence-corrected chi connectivity index (χ1v) is 3.24. The number of nitriles is 1. The average Bonchev–Trinajstić information content (AvgIpc) is 2.30. The molecule has 1 aliphatic rings. The number of rotatable bonds is 1. The Balaban J connectivity index is 2.84. The van der Waals surface area contributed by atoms with Gasteiger partial charge in [-0.05, 0) is 0 Å². The summed E-state index contributed by atoms with van der Waals surface area (Å²) in [5.41, 5.74) is 0.720. The van der Waals surface area contributed by atoms with Crippen molar-refractivity contribution in [1.29, 1.82) is 5.26 Å². The zero-order valence-electron chi connectivity index (χ0n) is 6.46. The second-order valence-electron chi connectivity index (χ2n) is 2.53. The van der Waals surface area contributed by atoms with Crippen molar-refractivity contribution in [3.8, 4) is 6.07 Å². The third kappa shape index (κ3) is 1.17. The smallest absolute Gasteiger partial charge is 0.247 e. The van der Waals surface area contributed by atoms with Crippen LogP contribution < -0.4 is 5.32 Å². The summed E-state index contributed by atoms with van der Waals surface area (Å²) in [5, 5.41) is 11.1. The first kappa shape index (κ1) is 7.61. The van der Waals surface area contributed by atoms with E-state index in [1.807, 2.05) is 6.07 Å². The molecule has 0 spiro atoms. The minimum absolute atomic E-state index is 0.240. The SMILES string of the molecule is CN(C)C1=CNC(=O)C1C#N. The Hall–Kier alpha value is -1.50. The van der Waals surface area contributed by atoms with E-state index in [1.54, 1.807) is 25.2 Å². The van der Waals surface area contributed by atoms with Gasteiger partial charge in [-0.3, -0.25) is 4.79 Å². The van der Waals surface area contributed by atoms with Crippen LogP contribution in [-0.4, -0.2) is 24.9 Å². The fraction of sp³-hybridized carbons (Fsp3) is 0.429. The van der Waals surface area contributed by atoms with Gasteiger partial charge in [-0.1, -0.05) is 0 Å². The molecule has 4 heteroatoms. The average molecular weight is 151 g/mol. The first-order valence-electron chi connectivity index (χ1n) is 3.24. The van der Waals surface area contributed by atoms with Gasteiger partial charge in [-0.2, -0.15) is 5.26 Å². The molecule has 1 amide bonds. The second-order valence-corrected chi connectivity index (χ2v) is 2.53. The molecule has 0 aliphatic carbocycles. The molecule has 0 bridgehead atoms. The molecular weight excluding hydrogens is 142 g/mol. The topological polar surface area (TPSA) is 56.1 Å². The largest absolute Gasteiger partial charge is 0.378 e. The van der Waals surface area contributed by atoms with Crippen molar-refractivity contribution in [1.82, 2.24) is 10.2 Å². The van der Waals surface area contributed by atoms with Gasteiger partial charge in [0.2, 0.25) is 5.91 Å². The molecule has 1 heterocycles. The van der Waals surface area contributed by atoms with Crippen molar-refractivity contribution in [3.63, 3.8) is 0 Å². The van der Waals surface area contributed by atoms with Crippen LogP contribution >= 0.6 is 0 Å². The van der Waals surface area contributed by atoms with Crippen LogP contribution in [0.5, 0.6) is 0 Å². The summed E-state index contributed by atoms with van der Waals surface area (Å²) < 4.78 is 0. The Morgan fingerprint density at radius 2 is 2.36 bits per heavy atom. The van der Waals surface area contributed by atoms with Gasteiger partial charge in [-0.25, -0.2) is 0 Å². The lowest BCUT2D eigenvalue weighted by atomic mass is 10.1.